The monoisotopic (exact) mass is 320 g/mol. The minimum Gasteiger partial charge on any atom is -0.374 e. The molecule has 2 amide bonds. The lowest BCUT2D eigenvalue weighted by Crippen LogP contribution is -2.49. The zero-order valence-electron chi connectivity index (χ0n) is 13.4. The third kappa shape index (κ3) is 6.35. The molecule has 23 heavy (non-hydrogen) atoms. The molecule has 0 saturated carbocycles. The highest BCUT2D eigenvalue weighted by Gasteiger charge is 2.23. The summed E-state index contributed by atoms with van der Waals surface area (Å²) < 4.78 is 5.69. The number of para-hydroxylation sites is 1. The number of amides is 2. The fraction of sp³-hybridized carbons (Fsp3) is 0.500. The first-order valence-electron chi connectivity index (χ1n) is 7.68. The SMILES string of the molecule is CN(CC(N)=O)CC1CN(CC(=O)Nc2ccccc2)CCO1. The van der Waals surface area contributed by atoms with E-state index < -0.39 is 0 Å². The zero-order valence-corrected chi connectivity index (χ0v) is 13.4. The van der Waals surface area contributed by atoms with Crippen molar-refractivity contribution in [3.63, 3.8) is 0 Å². The van der Waals surface area contributed by atoms with Gasteiger partial charge in [-0.05, 0) is 19.2 Å². The number of nitrogens with two attached hydrogens (primary N) is 1. The first-order valence-corrected chi connectivity index (χ1v) is 7.68. The molecule has 3 N–H and O–H groups in total. The van der Waals surface area contributed by atoms with Crippen LogP contribution in [0.2, 0.25) is 0 Å². The molecule has 7 nitrogen and oxygen atoms in total. The van der Waals surface area contributed by atoms with Gasteiger partial charge in [0.15, 0.2) is 0 Å². The lowest BCUT2D eigenvalue weighted by molar-refractivity contribution is -0.120. The molecular formula is C16H24N4O3. The number of rotatable bonds is 7. The van der Waals surface area contributed by atoms with Crippen LogP contribution in [-0.4, -0.2) is 74.1 Å². The fourth-order valence-electron chi connectivity index (χ4n) is 2.64. The van der Waals surface area contributed by atoms with Crippen molar-refractivity contribution < 1.29 is 14.3 Å². The van der Waals surface area contributed by atoms with E-state index in [1.807, 2.05) is 42.3 Å². The Labute approximate surface area is 136 Å². The summed E-state index contributed by atoms with van der Waals surface area (Å²) >= 11 is 0. The van der Waals surface area contributed by atoms with Crippen molar-refractivity contribution in [1.82, 2.24) is 9.80 Å². The van der Waals surface area contributed by atoms with Gasteiger partial charge in [0.05, 0.1) is 25.8 Å². The third-order valence-corrected chi connectivity index (χ3v) is 3.59. The van der Waals surface area contributed by atoms with E-state index in [4.69, 9.17) is 10.5 Å². The lowest BCUT2D eigenvalue weighted by atomic mass is 10.2. The van der Waals surface area contributed by atoms with Gasteiger partial charge in [-0.15, -0.1) is 0 Å². The van der Waals surface area contributed by atoms with Crippen molar-refractivity contribution in [3.05, 3.63) is 30.3 Å². The Balaban J connectivity index is 1.77. The van der Waals surface area contributed by atoms with E-state index in [0.29, 0.717) is 26.2 Å². The van der Waals surface area contributed by atoms with Gasteiger partial charge in [-0.2, -0.15) is 0 Å². The number of carbonyl (C=O) groups excluding carboxylic acids is 2. The van der Waals surface area contributed by atoms with Gasteiger partial charge in [0.2, 0.25) is 11.8 Å². The number of anilines is 1. The van der Waals surface area contributed by atoms with Crippen molar-refractivity contribution in [2.45, 2.75) is 6.10 Å². The van der Waals surface area contributed by atoms with E-state index in [1.165, 1.54) is 0 Å². The summed E-state index contributed by atoms with van der Waals surface area (Å²) in [4.78, 5) is 26.9. The highest BCUT2D eigenvalue weighted by Crippen LogP contribution is 2.08. The van der Waals surface area contributed by atoms with Crippen LogP contribution < -0.4 is 11.1 Å². The first kappa shape index (κ1) is 17.4. The molecule has 126 valence electrons. The number of nitrogens with zero attached hydrogens (tertiary/aromatic N) is 2. The van der Waals surface area contributed by atoms with E-state index in [-0.39, 0.29) is 24.5 Å². The molecule has 2 rings (SSSR count). The van der Waals surface area contributed by atoms with Crippen molar-refractivity contribution in [2.24, 2.45) is 5.73 Å². The summed E-state index contributed by atoms with van der Waals surface area (Å²) in [5, 5.41) is 2.88. The Hall–Kier alpha value is -1.96. The summed E-state index contributed by atoms with van der Waals surface area (Å²) in [5.74, 6) is -0.398. The van der Waals surface area contributed by atoms with Crippen LogP contribution in [-0.2, 0) is 14.3 Å². The van der Waals surface area contributed by atoms with E-state index in [9.17, 15) is 9.59 Å². The average molecular weight is 320 g/mol. The van der Waals surface area contributed by atoms with Crippen LogP contribution in [0.4, 0.5) is 5.69 Å². The van der Waals surface area contributed by atoms with Gasteiger partial charge in [-0.25, -0.2) is 0 Å². The number of nitrogens with one attached hydrogen (secondary N) is 1. The molecular weight excluding hydrogens is 296 g/mol. The maximum absolute atomic E-state index is 12.1. The molecule has 1 atom stereocenters. The predicted octanol–water partition coefficient (Wildman–Crippen LogP) is -0.257. The number of carbonyl (C=O) groups is 2. The van der Waals surface area contributed by atoms with Gasteiger partial charge < -0.3 is 15.8 Å². The van der Waals surface area contributed by atoms with E-state index in [1.54, 1.807) is 0 Å². The van der Waals surface area contributed by atoms with Crippen LogP contribution in [0.3, 0.4) is 0 Å². The molecule has 0 aromatic heterocycles. The quantitative estimate of drug-likeness (QED) is 0.723. The molecule has 1 aromatic rings. The summed E-state index contributed by atoms with van der Waals surface area (Å²) in [5.41, 5.74) is 5.98. The standard InChI is InChI=1S/C16H24N4O3/c1-19(11-15(17)21)9-14-10-20(7-8-23-14)12-16(22)18-13-5-3-2-4-6-13/h2-6,14H,7-12H2,1H3,(H2,17,21)(H,18,22). The Morgan fingerprint density at radius 1 is 1.39 bits per heavy atom. The molecule has 1 aromatic carbocycles. The van der Waals surface area contributed by atoms with Gasteiger partial charge in [0.25, 0.3) is 0 Å². The second kappa shape index (κ2) is 8.61. The number of likely N-dealkylation sites (N-methyl/N-ethyl adjacent to an activating group) is 1. The highest BCUT2D eigenvalue weighted by atomic mass is 16.5. The largest absolute Gasteiger partial charge is 0.374 e. The van der Waals surface area contributed by atoms with Crippen LogP contribution >= 0.6 is 0 Å². The number of morpholine rings is 1. The molecule has 1 saturated heterocycles. The lowest BCUT2D eigenvalue weighted by Gasteiger charge is -2.34. The number of primary amides is 1. The third-order valence-electron chi connectivity index (χ3n) is 3.59. The molecule has 1 aliphatic rings. The molecule has 0 spiro atoms. The van der Waals surface area contributed by atoms with E-state index in [0.717, 1.165) is 12.2 Å². The molecule has 0 bridgehead atoms. The van der Waals surface area contributed by atoms with Gasteiger partial charge in [0, 0.05) is 25.3 Å². The molecule has 0 aliphatic carbocycles. The van der Waals surface area contributed by atoms with Crippen LogP contribution in [0.5, 0.6) is 0 Å². The van der Waals surface area contributed by atoms with Crippen LogP contribution in [0.25, 0.3) is 0 Å². The average Bonchev–Trinajstić information content (AvgIpc) is 2.47. The highest BCUT2D eigenvalue weighted by molar-refractivity contribution is 5.92. The van der Waals surface area contributed by atoms with Gasteiger partial charge in [-0.3, -0.25) is 19.4 Å². The minimum absolute atomic E-state index is 0.0300. The second-order valence-electron chi connectivity index (χ2n) is 5.81. The summed E-state index contributed by atoms with van der Waals surface area (Å²) in [7, 11) is 1.83. The number of hydrogen-bond acceptors (Lipinski definition) is 5. The fourth-order valence-corrected chi connectivity index (χ4v) is 2.64. The van der Waals surface area contributed by atoms with Crippen molar-refractivity contribution in [2.75, 3.05) is 51.7 Å². The van der Waals surface area contributed by atoms with Crippen LogP contribution in [0.15, 0.2) is 30.3 Å². The predicted molar refractivity (Wildman–Crippen MR) is 87.9 cm³/mol. The second-order valence-corrected chi connectivity index (χ2v) is 5.81. The Bertz CT molecular complexity index is 523. The minimum atomic E-state index is -0.359. The van der Waals surface area contributed by atoms with E-state index in [2.05, 4.69) is 10.2 Å². The summed E-state index contributed by atoms with van der Waals surface area (Å²) in [6.07, 6.45) is -0.0300. The van der Waals surface area contributed by atoms with E-state index >= 15 is 0 Å². The number of hydrogen-bond donors (Lipinski definition) is 2. The number of ether oxygens (including phenoxy) is 1. The summed E-state index contributed by atoms with van der Waals surface area (Å²) in [6, 6.07) is 9.40. The molecule has 7 heteroatoms. The van der Waals surface area contributed by atoms with Crippen LogP contribution in [0.1, 0.15) is 0 Å². The van der Waals surface area contributed by atoms with Crippen molar-refractivity contribution in [3.8, 4) is 0 Å². The normalized spacial score (nSPS) is 18.8. The molecule has 1 fully saturated rings. The molecule has 1 heterocycles. The maximum Gasteiger partial charge on any atom is 0.238 e. The Kier molecular flexibility index (Phi) is 6.52. The van der Waals surface area contributed by atoms with Gasteiger partial charge in [-0.1, -0.05) is 18.2 Å². The summed E-state index contributed by atoms with van der Waals surface area (Å²) in [6.45, 7) is 3.10. The van der Waals surface area contributed by atoms with Crippen molar-refractivity contribution >= 4 is 17.5 Å². The molecule has 1 unspecified atom stereocenters. The Morgan fingerprint density at radius 3 is 2.83 bits per heavy atom. The maximum atomic E-state index is 12.1. The number of benzene rings is 1. The zero-order chi connectivity index (χ0) is 16.7. The molecule has 1 aliphatic heterocycles. The van der Waals surface area contributed by atoms with Gasteiger partial charge in [0.1, 0.15) is 0 Å². The first-order chi connectivity index (χ1) is 11.0. The molecule has 0 radical (unpaired) electrons. The van der Waals surface area contributed by atoms with Gasteiger partial charge >= 0.3 is 0 Å². The topological polar surface area (TPSA) is 87.9 Å². The Morgan fingerprint density at radius 2 is 2.13 bits per heavy atom. The smallest absolute Gasteiger partial charge is 0.238 e. The van der Waals surface area contributed by atoms with Crippen LogP contribution in [0, 0.1) is 0 Å². The van der Waals surface area contributed by atoms with Crippen molar-refractivity contribution in [1.29, 1.82) is 0 Å².